The monoisotopic (exact) mass is 473 g/mol. The van der Waals surface area contributed by atoms with Gasteiger partial charge in [-0.05, 0) is 64.0 Å². The van der Waals surface area contributed by atoms with Crippen molar-refractivity contribution in [3.63, 3.8) is 0 Å². The van der Waals surface area contributed by atoms with Crippen molar-refractivity contribution in [1.82, 2.24) is 10.2 Å². The van der Waals surface area contributed by atoms with Crippen LogP contribution in [0.1, 0.15) is 57.4 Å². The number of hydrogen-bond acceptors (Lipinski definition) is 6. The Hall–Kier alpha value is -2.68. The number of hydrogen-bond donors (Lipinski definition) is 1. The summed E-state index contributed by atoms with van der Waals surface area (Å²) in [4.78, 5) is 27.2. The van der Waals surface area contributed by atoms with Crippen LogP contribution in [0.3, 0.4) is 0 Å². The molecule has 0 saturated carbocycles. The molecule has 2 atom stereocenters. The quantitative estimate of drug-likeness (QED) is 0.503. The number of amidine groups is 1. The second kappa shape index (κ2) is 10.1. The molecule has 178 valence electrons. The van der Waals surface area contributed by atoms with Gasteiger partial charge in [0, 0.05) is 25.2 Å². The number of esters is 1. The van der Waals surface area contributed by atoms with Crippen LogP contribution in [-0.4, -0.2) is 56.8 Å². The minimum atomic E-state index is -3.72. The van der Waals surface area contributed by atoms with E-state index in [9.17, 15) is 18.0 Å². The first-order valence-electron chi connectivity index (χ1n) is 11.7. The van der Waals surface area contributed by atoms with Crippen LogP contribution in [0.25, 0.3) is 0 Å². The number of benzene rings is 1. The van der Waals surface area contributed by atoms with Gasteiger partial charge in [0.25, 0.3) is 15.9 Å². The maximum Gasteiger partial charge on any atom is 0.311 e. The van der Waals surface area contributed by atoms with E-state index in [1.807, 2.05) is 4.90 Å². The molecule has 1 aromatic carbocycles. The maximum atomic E-state index is 12.8. The van der Waals surface area contributed by atoms with Crippen LogP contribution in [0.15, 0.2) is 45.2 Å². The SMILES string of the molecule is CC(OC(=O)C1CCCN(C2=NS(=O)(=O)c3ccccc32)C1)C(=O)NCCC1=CCCCC1. The third-order valence-corrected chi connectivity index (χ3v) is 7.78. The predicted molar refractivity (Wildman–Crippen MR) is 124 cm³/mol. The Balaban J connectivity index is 1.31. The molecule has 1 N–H and O–H groups in total. The van der Waals surface area contributed by atoms with E-state index >= 15 is 0 Å². The molecule has 0 spiro atoms. The van der Waals surface area contributed by atoms with Crippen molar-refractivity contribution in [2.75, 3.05) is 19.6 Å². The van der Waals surface area contributed by atoms with E-state index in [-0.39, 0.29) is 10.8 Å². The van der Waals surface area contributed by atoms with Crippen LogP contribution in [-0.2, 0) is 24.3 Å². The number of ether oxygens (including phenoxy) is 1. The highest BCUT2D eigenvalue weighted by molar-refractivity contribution is 7.90. The third kappa shape index (κ3) is 5.46. The Morgan fingerprint density at radius 2 is 2.06 bits per heavy atom. The van der Waals surface area contributed by atoms with Crippen LogP contribution in [0, 0.1) is 5.92 Å². The summed E-state index contributed by atoms with van der Waals surface area (Å²) in [5.41, 5.74) is 1.94. The second-order valence-electron chi connectivity index (χ2n) is 8.90. The molecule has 1 fully saturated rings. The lowest BCUT2D eigenvalue weighted by Gasteiger charge is -2.33. The molecule has 9 heteroatoms. The maximum absolute atomic E-state index is 12.8. The number of allylic oxidation sites excluding steroid dienone is 1. The highest BCUT2D eigenvalue weighted by Crippen LogP contribution is 2.30. The average molecular weight is 474 g/mol. The minimum absolute atomic E-state index is 0.194. The first-order chi connectivity index (χ1) is 15.8. The highest BCUT2D eigenvalue weighted by atomic mass is 32.2. The van der Waals surface area contributed by atoms with Crippen LogP contribution >= 0.6 is 0 Å². The number of likely N-dealkylation sites (tertiary alicyclic amines) is 1. The third-order valence-electron chi connectivity index (χ3n) is 6.46. The number of carbonyl (C=O) groups excluding carboxylic acids is 2. The van der Waals surface area contributed by atoms with Crippen molar-refractivity contribution in [2.45, 2.75) is 62.9 Å². The fourth-order valence-corrected chi connectivity index (χ4v) is 5.85. The number of fused-ring (bicyclic) bond motifs is 1. The number of rotatable bonds is 6. The Bertz CT molecular complexity index is 1080. The number of piperidine rings is 1. The van der Waals surface area contributed by atoms with Crippen molar-refractivity contribution >= 4 is 27.7 Å². The van der Waals surface area contributed by atoms with E-state index in [0.717, 1.165) is 19.3 Å². The standard InChI is InChI=1S/C24H31N3O5S/c1-17(23(28)25-14-13-18-8-3-2-4-9-18)32-24(29)19-10-7-15-27(16-19)22-20-11-5-6-12-21(20)33(30,31)26-22/h5-6,8,11-12,17,19H,2-4,7,9-10,13-16H2,1H3,(H,25,28). The number of amides is 1. The van der Waals surface area contributed by atoms with Gasteiger partial charge in [0.1, 0.15) is 4.90 Å². The fourth-order valence-electron chi connectivity index (χ4n) is 4.62. The van der Waals surface area contributed by atoms with Gasteiger partial charge in [-0.25, -0.2) is 0 Å². The van der Waals surface area contributed by atoms with Crippen molar-refractivity contribution < 1.29 is 22.7 Å². The van der Waals surface area contributed by atoms with Crippen LogP contribution in [0.2, 0.25) is 0 Å². The second-order valence-corrected chi connectivity index (χ2v) is 10.5. The van der Waals surface area contributed by atoms with Gasteiger partial charge in [0.15, 0.2) is 11.9 Å². The van der Waals surface area contributed by atoms with E-state index in [1.54, 1.807) is 31.2 Å². The molecular formula is C24H31N3O5S. The van der Waals surface area contributed by atoms with Gasteiger partial charge in [-0.1, -0.05) is 23.8 Å². The Morgan fingerprint density at radius 3 is 2.85 bits per heavy atom. The molecule has 2 aliphatic heterocycles. The molecule has 1 aromatic rings. The topological polar surface area (TPSA) is 105 Å². The molecular weight excluding hydrogens is 442 g/mol. The van der Waals surface area contributed by atoms with Crippen LogP contribution in [0.5, 0.6) is 0 Å². The molecule has 0 bridgehead atoms. The van der Waals surface area contributed by atoms with E-state index in [1.165, 1.54) is 18.4 Å². The van der Waals surface area contributed by atoms with Gasteiger partial charge < -0.3 is 15.0 Å². The van der Waals surface area contributed by atoms with Gasteiger partial charge in [-0.3, -0.25) is 9.59 Å². The van der Waals surface area contributed by atoms with E-state index in [0.29, 0.717) is 43.9 Å². The first kappa shape index (κ1) is 23.5. The molecule has 33 heavy (non-hydrogen) atoms. The summed E-state index contributed by atoms with van der Waals surface area (Å²) in [6.07, 6.45) is 8.18. The summed E-state index contributed by atoms with van der Waals surface area (Å²) in [5, 5.41) is 2.86. The molecule has 8 nitrogen and oxygen atoms in total. The van der Waals surface area contributed by atoms with E-state index < -0.39 is 28.0 Å². The van der Waals surface area contributed by atoms with Gasteiger partial charge in [-0.15, -0.1) is 4.40 Å². The zero-order chi connectivity index (χ0) is 23.4. The summed E-state index contributed by atoms with van der Waals surface area (Å²) in [7, 11) is -3.72. The van der Waals surface area contributed by atoms with Crippen LogP contribution in [0.4, 0.5) is 0 Å². The molecule has 4 rings (SSSR count). The normalized spacial score (nSPS) is 22.6. The summed E-state index contributed by atoms with van der Waals surface area (Å²) in [5.74, 6) is -0.801. The van der Waals surface area contributed by atoms with E-state index in [2.05, 4.69) is 15.8 Å². The predicted octanol–water partition coefficient (Wildman–Crippen LogP) is 2.79. The lowest BCUT2D eigenvalue weighted by atomic mass is 9.97. The summed E-state index contributed by atoms with van der Waals surface area (Å²) >= 11 is 0. The number of sulfonamides is 1. The molecule has 0 radical (unpaired) electrons. The lowest BCUT2D eigenvalue weighted by Crippen LogP contribution is -2.44. The van der Waals surface area contributed by atoms with Gasteiger partial charge in [-0.2, -0.15) is 8.42 Å². The van der Waals surface area contributed by atoms with Crippen LogP contribution < -0.4 is 5.32 Å². The zero-order valence-electron chi connectivity index (χ0n) is 19.0. The molecule has 3 aliphatic rings. The molecule has 0 aromatic heterocycles. The molecule has 1 saturated heterocycles. The van der Waals surface area contributed by atoms with Gasteiger partial charge in [0.2, 0.25) is 0 Å². The summed E-state index contributed by atoms with van der Waals surface area (Å²) < 4.78 is 34.2. The number of nitrogens with zero attached hydrogens (tertiary/aromatic N) is 2. The Morgan fingerprint density at radius 1 is 1.24 bits per heavy atom. The lowest BCUT2D eigenvalue weighted by molar-refractivity contribution is -0.159. The molecule has 1 aliphatic carbocycles. The van der Waals surface area contributed by atoms with Gasteiger partial charge in [0.05, 0.1) is 5.92 Å². The zero-order valence-corrected chi connectivity index (χ0v) is 19.8. The highest BCUT2D eigenvalue weighted by Gasteiger charge is 2.36. The van der Waals surface area contributed by atoms with Crippen molar-refractivity contribution in [3.8, 4) is 0 Å². The van der Waals surface area contributed by atoms with Crippen molar-refractivity contribution in [3.05, 3.63) is 41.5 Å². The smallest absolute Gasteiger partial charge is 0.311 e. The van der Waals surface area contributed by atoms with Crippen molar-refractivity contribution in [1.29, 1.82) is 0 Å². The molecule has 1 amide bonds. The first-order valence-corrected chi connectivity index (χ1v) is 13.1. The average Bonchev–Trinajstić information content (AvgIpc) is 3.11. The molecule has 2 heterocycles. The summed E-state index contributed by atoms with van der Waals surface area (Å²) in [6, 6.07) is 6.72. The Labute approximate surface area is 195 Å². The van der Waals surface area contributed by atoms with Crippen molar-refractivity contribution in [2.24, 2.45) is 10.3 Å². The Kier molecular flexibility index (Phi) is 7.17. The minimum Gasteiger partial charge on any atom is -0.452 e. The largest absolute Gasteiger partial charge is 0.452 e. The number of carbonyl (C=O) groups is 2. The molecule has 2 unspecified atom stereocenters. The summed E-state index contributed by atoms with van der Waals surface area (Å²) in [6.45, 7) is 3.04. The van der Waals surface area contributed by atoms with E-state index in [4.69, 9.17) is 4.74 Å². The number of nitrogens with one attached hydrogen (secondary N) is 1. The fraction of sp³-hybridized carbons (Fsp3) is 0.542. The van der Waals surface area contributed by atoms with Gasteiger partial charge >= 0.3 is 5.97 Å².